The molecule has 11 heteroatoms. The molecule has 1 aromatic carbocycles. The summed E-state index contributed by atoms with van der Waals surface area (Å²) in [7, 11) is -1.73. The number of piperazine rings is 1. The predicted octanol–water partition coefficient (Wildman–Crippen LogP) is 2.78. The molecule has 1 saturated carbocycles. The molecule has 3 heterocycles. The smallest absolute Gasteiger partial charge is 0.277 e. The van der Waals surface area contributed by atoms with Gasteiger partial charge in [-0.3, -0.25) is 4.79 Å². The Morgan fingerprint density at radius 3 is 2.56 bits per heavy atom. The fourth-order valence-corrected chi connectivity index (χ4v) is 6.58. The first-order chi connectivity index (χ1) is 17.3. The van der Waals surface area contributed by atoms with Crippen molar-refractivity contribution in [3.05, 3.63) is 40.1 Å². The quantitative estimate of drug-likeness (QED) is 0.516. The number of rotatable bonds is 7. The number of hydrogen-bond acceptors (Lipinski definition) is 7. The molecular formula is C25H34N6O4S. The molecule has 3 aromatic rings. The van der Waals surface area contributed by atoms with E-state index in [1.165, 1.54) is 4.31 Å². The lowest BCUT2D eigenvalue weighted by Gasteiger charge is -2.31. The summed E-state index contributed by atoms with van der Waals surface area (Å²) in [4.78, 5) is 23.0. The van der Waals surface area contributed by atoms with E-state index in [-0.39, 0.29) is 22.2 Å². The summed E-state index contributed by atoms with van der Waals surface area (Å²) in [5.74, 6) is 1.80. The van der Waals surface area contributed by atoms with Crippen LogP contribution in [0.15, 0.2) is 27.9 Å². The highest BCUT2D eigenvalue weighted by molar-refractivity contribution is 7.89. The number of H-pyrrole nitrogens is 1. The van der Waals surface area contributed by atoms with E-state index in [9.17, 15) is 13.2 Å². The summed E-state index contributed by atoms with van der Waals surface area (Å²) in [6, 6.07) is 4.81. The maximum absolute atomic E-state index is 13.5. The molecule has 5 rings (SSSR count). The molecule has 0 radical (unpaired) electrons. The zero-order valence-corrected chi connectivity index (χ0v) is 22.0. The van der Waals surface area contributed by atoms with E-state index < -0.39 is 10.0 Å². The first-order valence-corrected chi connectivity index (χ1v) is 14.2. The van der Waals surface area contributed by atoms with Gasteiger partial charge in [0.05, 0.1) is 22.8 Å². The van der Waals surface area contributed by atoms with Gasteiger partial charge in [-0.1, -0.05) is 19.8 Å². The van der Waals surface area contributed by atoms with Gasteiger partial charge in [0, 0.05) is 32.1 Å². The molecule has 0 amide bonds. The third-order valence-corrected chi connectivity index (χ3v) is 9.08. The van der Waals surface area contributed by atoms with Crippen LogP contribution in [0.25, 0.3) is 16.9 Å². The molecule has 0 bridgehead atoms. The van der Waals surface area contributed by atoms with Crippen molar-refractivity contribution in [1.29, 1.82) is 0 Å². The van der Waals surface area contributed by atoms with Crippen LogP contribution in [0.2, 0.25) is 0 Å². The Morgan fingerprint density at radius 2 is 1.86 bits per heavy atom. The highest BCUT2D eigenvalue weighted by Crippen LogP contribution is 2.35. The van der Waals surface area contributed by atoms with E-state index in [0.29, 0.717) is 55.3 Å². The average Bonchev–Trinajstić information content (AvgIpc) is 3.51. The summed E-state index contributed by atoms with van der Waals surface area (Å²) in [6.07, 6.45) is 5.10. The van der Waals surface area contributed by atoms with Crippen LogP contribution in [0.4, 0.5) is 0 Å². The third-order valence-electron chi connectivity index (χ3n) is 7.19. The van der Waals surface area contributed by atoms with Crippen LogP contribution in [0.5, 0.6) is 5.75 Å². The van der Waals surface area contributed by atoms with E-state index in [4.69, 9.17) is 14.8 Å². The normalized spacial score (nSPS) is 18.3. The molecule has 2 aromatic heterocycles. The van der Waals surface area contributed by atoms with Crippen molar-refractivity contribution in [2.45, 2.75) is 56.8 Å². The molecule has 0 atom stereocenters. The molecule has 1 aliphatic carbocycles. The van der Waals surface area contributed by atoms with E-state index in [1.807, 2.05) is 20.9 Å². The number of hydrogen-bond donors (Lipinski definition) is 1. The Balaban J connectivity index is 1.63. The van der Waals surface area contributed by atoms with Gasteiger partial charge in [-0.15, -0.1) is 5.10 Å². The monoisotopic (exact) mass is 514 g/mol. The van der Waals surface area contributed by atoms with Crippen LogP contribution in [-0.4, -0.2) is 77.0 Å². The van der Waals surface area contributed by atoms with Crippen LogP contribution in [0.3, 0.4) is 0 Å². The molecule has 1 aliphatic heterocycles. The molecule has 10 nitrogen and oxygen atoms in total. The van der Waals surface area contributed by atoms with Gasteiger partial charge in [0.1, 0.15) is 11.6 Å². The molecule has 1 saturated heterocycles. The van der Waals surface area contributed by atoms with Crippen LogP contribution in [0, 0.1) is 6.92 Å². The van der Waals surface area contributed by atoms with Crippen molar-refractivity contribution in [1.82, 2.24) is 28.8 Å². The maximum atomic E-state index is 13.5. The lowest BCUT2D eigenvalue weighted by Crippen LogP contribution is -2.47. The number of fused-ring (bicyclic) bond motifs is 1. The van der Waals surface area contributed by atoms with Gasteiger partial charge in [-0.05, 0) is 51.4 Å². The van der Waals surface area contributed by atoms with Crippen LogP contribution < -0.4 is 10.3 Å². The van der Waals surface area contributed by atoms with Crippen molar-refractivity contribution < 1.29 is 13.2 Å². The lowest BCUT2D eigenvalue weighted by molar-refractivity contribution is 0.222. The molecular weight excluding hydrogens is 480 g/mol. The average molecular weight is 515 g/mol. The summed E-state index contributed by atoms with van der Waals surface area (Å²) in [6.45, 7) is 6.51. The molecule has 1 N–H and O–H groups in total. The number of aromatic nitrogens is 4. The number of benzene rings is 1. The van der Waals surface area contributed by atoms with Crippen molar-refractivity contribution in [2.24, 2.45) is 0 Å². The largest absolute Gasteiger partial charge is 0.493 e. The minimum atomic E-state index is -3.71. The Hall–Kier alpha value is -2.76. The van der Waals surface area contributed by atoms with Gasteiger partial charge < -0.3 is 14.6 Å². The van der Waals surface area contributed by atoms with Gasteiger partial charge in [-0.2, -0.15) is 4.31 Å². The first kappa shape index (κ1) is 24.9. The summed E-state index contributed by atoms with van der Waals surface area (Å²) < 4.78 is 36.1. The van der Waals surface area contributed by atoms with E-state index in [0.717, 1.165) is 37.9 Å². The SMILES string of the molecule is CCCOc1ccc(S(=O)(=O)N2CCN(C)CC2)cc1-c1nn2c(C3CCCC3)nc(C)c2c(=O)[nH]1. The van der Waals surface area contributed by atoms with Crippen molar-refractivity contribution in [2.75, 3.05) is 39.8 Å². The minimum absolute atomic E-state index is 0.159. The van der Waals surface area contributed by atoms with Gasteiger partial charge in [0.2, 0.25) is 10.0 Å². The highest BCUT2D eigenvalue weighted by Gasteiger charge is 2.29. The van der Waals surface area contributed by atoms with Crippen LogP contribution >= 0.6 is 0 Å². The summed E-state index contributed by atoms with van der Waals surface area (Å²) in [5, 5.41) is 4.79. The second kappa shape index (κ2) is 9.95. The number of aryl methyl sites for hydroxylation is 1. The first-order valence-electron chi connectivity index (χ1n) is 12.7. The third kappa shape index (κ3) is 4.55. The van der Waals surface area contributed by atoms with E-state index in [1.54, 1.807) is 22.7 Å². The van der Waals surface area contributed by atoms with Crippen LogP contribution in [0.1, 0.15) is 56.5 Å². The van der Waals surface area contributed by atoms with E-state index >= 15 is 0 Å². The summed E-state index contributed by atoms with van der Waals surface area (Å²) in [5.41, 5.74) is 1.22. The number of imidazole rings is 1. The molecule has 2 aliphatic rings. The minimum Gasteiger partial charge on any atom is -0.493 e. The topological polar surface area (TPSA) is 113 Å². The molecule has 0 spiro atoms. The number of ether oxygens (including phenoxy) is 1. The van der Waals surface area contributed by atoms with Crippen LogP contribution in [-0.2, 0) is 10.0 Å². The molecule has 2 fully saturated rings. The Morgan fingerprint density at radius 1 is 1.14 bits per heavy atom. The van der Waals surface area contributed by atoms with Crippen molar-refractivity contribution >= 4 is 15.5 Å². The molecule has 0 unspecified atom stereocenters. The number of likely N-dealkylation sites (N-methyl/N-ethyl adjacent to an activating group) is 1. The maximum Gasteiger partial charge on any atom is 0.277 e. The fraction of sp³-hybridized carbons (Fsp3) is 0.560. The zero-order chi connectivity index (χ0) is 25.4. The van der Waals surface area contributed by atoms with Gasteiger partial charge in [-0.25, -0.2) is 17.9 Å². The standard InChI is InChI=1S/C25H34N6O4S/c1-4-15-35-21-10-9-19(36(33,34)30-13-11-29(3)12-14-30)16-20(21)23-27-25(32)22-17(2)26-24(31(22)28-23)18-7-5-6-8-18/h9-10,16,18H,4-8,11-15H2,1-3H3,(H,27,28,32). The lowest BCUT2D eigenvalue weighted by atomic mass is 10.1. The fourth-order valence-electron chi connectivity index (χ4n) is 5.13. The molecule has 36 heavy (non-hydrogen) atoms. The molecule has 194 valence electrons. The van der Waals surface area contributed by atoms with Gasteiger partial charge in [0.15, 0.2) is 11.3 Å². The predicted molar refractivity (Wildman–Crippen MR) is 137 cm³/mol. The number of nitrogens with zero attached hydrogens (tertiary/aromatic N) is 5. The Labute approximate surface area is 211 Å². The number of aromatic amines is 1. The number of nitrogens with one attached hydrogen (secondary N) is 1. The summed E-state index contributed by atoms with van der Waals surface area (Å²) >= 11 is 0. The van der Waals surface area contributed by atoms with Gasteiger partial charge in [0.25, 0.3) is 5.56 Å². The van der Waals surface area contributed by atoms with Crippen molar-refractivity contribution in [3.63, 3.8) is 0 Å². The van der Waals surface area contributed by atoms with Crippen molar-refractivity contribution in [3.8, 4) is 17.1 Å². The Kier molecular flexibility index (Phi) is 6.88. The Bertz CT molecular complexity index is 1420. The highest BCUT2D eigenvalue weighted by atomic mass is 32.2. The second-order valence-electron chi connectivity index (χ2n) is 9.81. The van der Waals surface area contributed by atoms with Gasteiger partial charge >= 0.3 is 0 Å². The zero-order valence-electron chi connectivity index (χ0n) is 21.2. The second-order valence-corrected chi connectivity index (χ2v) is 11.8. The number of sulfonamides is 1. The van der Waals surface area contributed by atoms with E-state index in [2.05, 4.69) is 9.88 Å².